The number of carboxylic acids is 1. The Balaban J connectivity index is 3.13. The molecule has 0 unspecified atom stereocenters. The van der Waals surface area contributed by atoms with Crippen LogP contribution < -0.4 is 0 Å². The second kappa shape index (κ2) is 2.92. The Bertz CT molecular complexity index is 304. The number of hydrogen-bond donors (Lipinski definition) is 1. The van der Waals surface area contributed by atoms with Crippen LogP contribution in [0.3, 0.4) is 0 Å². The van der Waals surface area contributed by atoms with Crippen molar-refractivity contribution in [3.8, 4) is 0 Å². The van der Waals surface area contributed by atoms with E-state index in [-0.39, 0.29) is 11.7 Å². The minimum atomic E-state index is -1.03. The Kier molecular flexibility index (Phi) is 2.12. The fourth-order valence-corrected chi connectivity index (χ4v) is 1.03. The van der Waals surface area contributed by atoms with E-state index in [0.717, 1.165) is 0 Å². The van der Waals surface area contributed by atoms with Gasteiger partial charge in [0.05, 0.1) is 5.69 Å². The summed E-state index contributed by atoms with van der Waals surface area (Å²) < 4.78 is 1.59. The van der Waals surface area contributed by atoms with E-state index in [1.807, 2.05) is 13.8 Å². The zero-order valence-corrected chi connectivity index (χ0v) is 7.27. The molecule has 5 nitrogen and oxygen atoms in total. The Morgan fingerprint density at radius 2 is 2.17 bits per heavy atom. The zero-order valence-electron chi connectivity index (χ0n) is 7.27. The van der Waals surface area contributed by atoms with E-state index in [2.05, 4.69) is 10.3 Å². The molecule has 0 spiro atoms. The Labute approximate surface area is 70.0 Å². The second-order valence-electron chi connectivity index (χ2n) is 2.87. The number of carbonyl (C=O) groups is 1. The first-order valence-corrected chi connectivity index (χ1v) is 3.69. The molecule has 1 heterocycles. The average Bonchev–Trinajstić information content (AvgIpc) is 2.30. The van der Waals surface area contributed by atoms with E-state index >= 15 is 0 Å². The third-order valence-corrected chi connectivity index (χ3v) is 1.62. The first-order chi connectivity index (χ1) is 5.54. The first-order valence-electron chi connectivity index (χ1n) is 3.69. The van der Waals surface area contributed by atoms with Crippen LogP contribution in [0.4, 0.5) is 0 Å². The summed E-state index contributed by atoms with van der Waals surface area (Å²) >= 11 is 0. The van der Waals surface area contributed by atoms with Gasteiger partial charge in [-0.25, -0.2) is 9.48 Å². The van der Waals surface area contributed by atoms with E-state index in [4.69, 9.17) is 5.11 Å². The summed E-state index contributed by atoms with van der Waals surface area (Å²) in [5.41, 5.74) is 0.626. The van der Waals surface area contributed by atoms with Crippen molar-refractivity contribution in [2.45, 2.75) is 26.8 Å². The summed E-state index contributed by atoms with van der Waals surface area (Å²) in [5.74, 6) is -1.03. The predicted molar refractivity (Wildman–Crippen MR) is 42.1 cm³/mol. The van der Waals surface area contributed by atoms with Gasteiger partial charge in [0, 0.05) is 6.04 Å². The molecule has 0 atom stereocenters. The molecule has 0 bridgehead atoms. The van der Waals surface area contributed by atoms with Crippen LogP contribution >= 0.6 is 0 Å². The van der Waals surface area contributed by atoms with Gasteiger partial charge in [-0.2, -0.15) is 0 Å². The van der Waals surface area contributed by atoms with Gasteiger partial charge in [0.2, 0.25) is 0 Å². The standard InChI is InChI=1S/C7H11N3O2/c1-4(2)10-5(3)6(7(11)12)8-9-10/h4H,1-3H3,(H,11,12). The lowest BCUT2D eigenvalue weighted by atomic mass is 10.3. The predicted octanol–water partition coefficient (Wildman–Crippen LogP) is 0.866. The summed E-state index contributed by atoms with van der Waals surface area (Å²) in [6, 6.07) is 0.144. The third-order valence-electron chi connectivity index (χ3n) is 1.62. The van der Waals surface area contributed by atoms with Crippen LogP contribution in [0.1, 0.15) is 36.1 Å². The Morgan fingerprint density at radius 3 is 2.42 bits per heavy atom. The van der Waals surface area contributed by atoms with Gasteiger partial charge in [0.15, 0.2) is 5.69 Å². The maximum atomic E-state index is 10.5. The lowest BCUT2D eigenvalue weighted by molar-refractivity contribution is 0.0689. The van der Waals surface area contributed by atoms with Gasteiger partial charge in [-0.3, -0.25) is 0 Å². The van der Waals surface area contributed by atoms with Crippen molar-refractivity contribution in [3.63, 3.8) is 0 Å². The Hall–Kier alpha value is -1.39. The molecule has 0 aliphatic heterocycles. The molecule has 0 radical (unpaired) electrons. The summed E-state index contributed by atoms with van der Waals surface area (Å²) in [6.45, 7) is 5.55. The van der Waals surface area contributed by atoms with Crippen LogP contribution in [0.2, 0.25) is 0 Å². The number of aromatic carboxylic acids is 1. The number of nitrogens with zero attached hydrogens (tertiary/aromatic N) is 3. The van der Waals surface area contributed by atoms with E-state index in [1.165, 1.54) is 0 Å². The van der Waals surface area contributed by atoms with Gasteiger partial charge < -0.3 is 5.11 Å². The van der Waals surface area contributed by atoms with Crippen molar-refractivity contribution in [2.24, 2.45) is 0 Å². The third kappa shape index (κ3) is 1.30. The first kappa shape index (κ1) is 8.70. The van der Waals surface area contributed by atoms with Crippen molar-refractivity contribution in [1.29, 1.82) is 0 Å². The maximum Gasteiger partial charge on any atom is 0.358 e. The molecule has 12 heavy (non-hydrogen) atoms. The molecule has 1 N–H and O–H groups in total. The molecule has 66 valence electrons. The number of hydrogen-bond acceptors (Lipinski definition) is 3. The molecule has 1 aromatic rings. The highest BCUT2D eigenvalue weighted by Crippen LogP contribution is 2.09. The fraction of sp³-hybridized carbons (Fsp3) is 0.571. The lowest BCUT2D eigenvalue weighted by Crippen LogP contribution is -2.06. The molecule has 0 aliphatic rings. The normalized spacial score (nSPS) is 10.7. The second-order valence-corrected chi connectivity index (χ2v) is 2.87. The van der Waals surface area contributed by atoms with Crippen LogP contribution in [0.5, 0.6) is 0 Å². The molecule has 0 aliphatic carbocycles. The van der Waals surface area contributed by atoms with Crippen molar-refractivity contribution in [3.05, 3.63) is 11.4 Å². The number of carboxylic acid groups (broad SMARTS) is 1. The molecule has 0 saturated heterocycles. The van der Waals surface area contributed by atoms with Crippen molar-refractivity contribution >= 4 is 5.97 Å². The van der Waals surface area contributed by atoms with Crippen LogP contribution in [-0.2, 0) is 0 Å². The van der Waals surface area contributed by atoms with Crippen LogP contribution in [-0.4, -0.2) is 26.1 Å². The Morgan fingerprint density at radius 1 is 1.58 bits per heavy atom. The van der Waals surface area contributed by atoms with Gasteiger partial charge in [0.1, 0.15) is 0 Å². The minimum Gasteiger partial charge on any atom is -0.476 e. The quantitative estimate of drug-likeness (QED) is 0.713. The highest BCUT2D eigenvalue weighted by molar-refractivity contribution is 5.86. The molecule has 5 heteroatoms. The highest BCUT2D eigenvalue weighted by atomic mass is 16.4. The van der Waals surface area contributed by atoms with Crippen molar-refractivity contribution in [1.82, 2.24) is 15.0 Å². The van der Waals surface area contributed by atoms with E-state index < -0.39 is 5.97 Å². The molecular weight excluding hydrogens is 158 g/mol. The maximum absolute atomic E-state index is 10.5. The average molecular weight is 169 g/mol. The topological polar surface area (TPSA) is 68.0 Å². The summed E-state index contributed by atoms with van der Waals surface area (Å²) in [5, 5.41) is 15.9. The molecule has 1 rings (SSSR count). The summed E-state index contributed by atoms with van der Waals surface area (Å²) in [6.07, 6.45) is 0. The molecule has 0 saturated carbocycles. The highest BCUT2D eigenvalue weighted by Gasteiger charge is 2.15. The van der Waals surface area contributed by atoms with Gasteiger partial charge in [-0.05, 0) is 20.8 Å². The van der Waals surface area contributed by atoms with E-state index in [1.54, 1.807) is 11.6 Å². The van der Waals surface area contributed by atoms with Gasteiger partial charge in [-0.15, -0.1) is 5.10 Å². The smallest absolute Gasteiger partial charge is 0.358 e. The van der Waals surface area contributed by atoms with Crippen molar-refractivity contribution in [2.75, 3.05) is 0 Å². The van der Waals surface area contributed by atoms with Gasteiger partial charge >= 0.3 is 5.97 Å². The number of rotatable bonds is 2. The van der Waals surface area contributed by atoms with Gasteiger partial charge in [-0.1, -0.05) is 5.21 Å². The minimum absolute atomic E-state index is 0.0312. The van der Waals surface area contributed by atoms with Crippen LogP contribution in [0, 0.1) is 6.92 Å². The molecule has 0 fully saturated rings. The zero-order chi connectivity index (χ0) is 9.30. The summed E-state index contributed by atoms with van der Waals surface area (Å²) in [4.78, 5) is 10.5. The SMILES string of the molecule is Cc1c(C(=O)O)nnn1C(C)C. The fourth-order valence-electron chi connectivity index (χ4n) is 1.03. The number of aromatic nitrogens is 3. The molecular formula is C7H11N3O2. The van der Waals surface area contributed by atoms with Gasteiger partial charge in [0.25, 0.3) is 0 Å². The summed E-state index contributed by atoms with van der Waals surface area (Å²) in [7, 11) is 0. The van der Waals surface area contributed by atoms with Crippen molar-refractivity contribution < 1.29 is 9.90 Å². The molecule has 0 aromatic carbocycles. The lowest BCUT2D eigenvalue weighted by Gasteiger charge is -2.05. The van der Waals surface area contributed by atoms with E-state index in [9.17, 15) is 4.79 Å². The van der Waals surface area contributed by atoms with Crippen LogP contribution in [0.15, 0.2) is 0 Å². The largest absolute Gasteiger partial charge is 0.476 e. The van der Waals surface area contributed by atoms with Crippen LogP contribution in [0.25, 0.3) is 0 Å². The van der Waals surface area contributed by atoms with E-state index in [0.29, 0.717) is 5.69 Å². The monoisotopic (exact) mass is 169 g/mol. The molecule has 0 amide bonds. The molecule has 1 aromatic heterocycles.